The summed E-state index contributed by atoms with van der Waals surface area (Å²) in [6.45, 7) is 1.96. The number of nitrogens with one attached hydrogen (secondary N) is 1. The predicted octanol–water partition coefficient (Wildman–Crippen LogP) is 3.98. The zero-order chi connectivity index (χ0) is 29.4. The number of carbonyl (C=O) groups is 2. The number of fused-ring (bicyclic) bond motifs is 2. The van der Waals surface area contributed by atoms with Gasteiger partial charge in [-0.25, -0.2) is 9.78 Å². The monoisotopic (exact) mass is 566 g/mol. The van der Waals surface area contributed by atoms with Crippen LogP contribution in [-0.4, -0.2) is 75.0 Å². The van der Waals surface area contributed by atoms with Crippen molar-refractivity contribution in [3.05, 3.63) is 87.3 Å². The first kappa shape index (κ1) is 27.6. The molecule has 6 rings (SSSR count). The van der Waals surface area contributed by atoms with Crippen molar-refractivity contribution < 1.29 is 14.7 Å². The molecule has 1 fully saturated rings. The van der Waals surface area contributed by atoms with Crippen LogP contribution in [0.5, 0.6) is 0 Å². The van der Waals surface area contributed by atoms with Gasteiger partial charge in [-0.3, -0.25) is 9.59 Å². The van der Waals surface area contributed by atoms with E-state index in [0.29, 0.717) is 24.1 Å². The Morgan fingerprint density at radius 1 is 1.05 bits per heavy atom. The molecule has 1 amide bonds. The average molecular weight is 567 g/mol. The minimum atomic E-state index is -1.29. The van der Waals surface area contributed by atoms with Crippen molar-refractivity contribution in [2.75, 3.05) is 39.0 Å². The third-order valence-corrected chi connectivity index (χ3v) is 8.27. The number of carboxylic acids is 1. The van der Waals surface area contributed by atoms with Crippen LogP contribution in [0, 0.1) is 0 Å². The zero-order valence-electron chi connectivity index (χ0n) is 23.8. The first-order valence-electron chi connectivity index (χ1n) is 14.3. The number of nitrogens with zero attached hydrogens (tertiary/aromatic N) is 5. The lowest BCUT2D eigenvalue weighted by Gasteiger charge is -2.33. The molecule has 1 aliphatic heterocycles. The Morgan fingerprint density at radius 3 is 2.50 bits per heavy atom. The fourth-order valence-electron chi connectivity index (χ4n) is 6.03. The number of hydrogen-bond acceptors (Lipinski definition) is 7. The molecule has 0 bridgehead atoms. The van der Waals surface area contributed by atoms with Gasteiger partial charge in [-0.15, -0.1) is 0 Å². The van der Waals surface area contributed by atoms with Crippen LogP contribution in [-0.2, 0) is 17.6 Å². The number of aromatic carboxylic acids is 1. The van der Waals surface area contributed by atoms with Crippen LogP contribution in [0.25, 0.3) is 16.7 Å². The van der Waals surface area contributed by atoms with Gasteiger partial charge in [-0.1, -0.05) is 18.2 Å². The second-order valence-electron chi connectivity index (χ2n) is 11.4. The van der Waals surface area contributed by atoms with Crippen LogP contribution in [0.1, 0.15) is 52.2 Å². The van der Waals surface area contributed by atoms with Gasteiger partial charge < -0.3 is 24.8 Å². The third-order valence-electron chi connectivity index (χ3n) is 8.27. The molecule has 0 spiro atoms. The number of likely N-dealkylation sites (tertiary alicyclic amines) is 1. The number of pyridine rings is 1. The number of carboxylic acid groups (broad SMARTS) is 1. The lowest BCUT2D eigenvalue weighted by molar-refractivity contribution is -0.132. The maximum Gasteiger partial charge on any atom is 0.341 e. The van der Waals surface area contributed by atoms with E-state index in [-0.39, 0.29) is 16.9 Å². The minimum Gasteiger partial charge on any atom is -0.477 e. The lowest BCUT2D eigenvalue weighted by Crippen LogP contribution is -2.42. The summed E-state index contributed by atoms with van der Waals surface area (Å²) >= 11 is 0. The highest BCUT2D eigenvalue weighted by Crippen LogP contribution is 2.30. The summed E-state index contributed by atoms with van der Waals surface area (Å²) in [4.78, 5) is 50.1. The average Bonchev–Trinajstić information content (AvgIpc) is 3.45. The van der Waals surface area contributed by atoms with Crippen LogP contribution in [0.3, 0.4) is 0 Å². The largest absolute Gasteiger partial charge is 0.477 e. The topological polar surface area (TPSA) is 121 Å². The molecule has 10 nitrogen and oxygen atoms in total. The van der Waals surface area contributed by atoms with Gasteiger partial charge in [0.15, 0.2) is 5.65 Å². The van der Waals surface area contributed by atoms with E-state index in [9.17, 15) is 19.5 Å². The van der Waals surface area contributed by atoms with Gasteiger partial charge in [0.2, 0.25) is 17.3 Å². The number of hydrogen-bond donors (Lipinski definition) is 2. The molecule has 0 unspecified atom stereocenters. The highest BCUT2D eigenvalue weighted by Gasteiger charge is 2.24. The van der Waals surface area contributed by atoms with E-state index in [0.717, 1.165) is 56.6 Å². The molecule has 216 valence electrons. The molecule has 4 aromatic rings. The van der Waals surface area contributed by atoms with Gasteiger partial charge >= 0.3 is 5.97 Å². The quantitative estimate of drug-likeness (QED) is 0.345. The number of amides is 1. The molecular formula is C32H34N6O4. The Balaban J connectivity index is 1.24. The molecule has 3 heterocycles. The van der Waals surface area contributed by atoms with E-state index >= 15 is 0 Å². The van der Waals surface area contributed by atoms with Gasteiger partial charge in [0.1, 0.15) is 5.56 Å². The molecule has 2 aromatic carbocycles. The molecule has 0 radical (unpaired) electrons. The molecule has 0 atom stereocenters. The summed E-state index contributed by atoms with van der Waals surface area (Å²) in [5, 5.41) is 13.1. The standard InChI is InChI=1S/C32H34N6O4/c1-36(2)19-28(39)37-14-12-22(13-15-37)21-6-9-24(10-7-21)34-32-33-17-26-29(40)27(31(41)42)18-38(30(26)35-32)25-11-8-20-4-3-5-23(20)16-25/h6-11,16-18,22H,3-5,12-15,19H2,1-2H3,(H,41,42)(H,33,34,35). The van der Waals surface area contributed by atoms with E-state index in [1.165, 1.54) is 29.1 Å². The first-order chi connectivity index (χ1) is 20.3. The van der Waals surface area contributed by atoms with Crippen molar-refractivity contribution in [2.24, 2.45) is 0 Å². The van der Waals surface area contributed by atoms with E-state index in [4.69, 9.17) is 0 Å². The second-order valence-corrected chi connectivity index (χ2v) is 11.4. The van der Waals surface area contributed by atoms with E-state index in [1.54, 1.807) is 4.57 Å². The van der Waals surface area contributed by atoms with Gasteiger partial charge in [-0.05, 0) is 93.1 Å². The number of aryl methyl sites for hydroxylation is 2. The summed E-state index contributed by atoms with van der Waals surface area (Å²) in [7, 11) is 3.82. The van der Waals surface area contributed by atoms with E-state index in [1.807, 2.05) is 42.1 Å². The number of rotatable bonds is 7. The summed E-state index contributed by atoms with van der Waals surface area (Å²) in [6.07, 6.45) is 7.70. The lowest BCUT2D eigenvalue weighted by atomic mass is 9.89. The molecule has 10 heteroatoms. The molecule has 2 N–H and O–H groups in total. The van der Waals surface area contributed by atoms with E-state index in [2.05, 4.69) is 39.6 Å². The van der Waals surface area contributed by atoms with Crippen LogP contribution < -0.4 is 10.7 Å². The highest BCUT2D eigenvalue weighted by molar-refractivity contribution is 5.92. The number of anilines is 2. The smallest absolute Gasteiger partial charge is 0.341 e. The third kappa shape index (κ3) is 5.49. The summed E-state index contributed by atoms with van der Waals surface area (Å²) < 4.78 is 1.67. The molecule has 42 heavy (non-hydrogen) atoms. The maximum absolute atomic E-state index is 13.0. The summed E-state index contributed by atoms with van der Waals surface area (Å²) in [6, 6.07) is 14.2. The number of carbonyl (C=O) groups excluding carboxylic acids is 1. The molecule has 0 saturated carbocycles. The van der Waals surface area contributed by atoms with Crippen LogP contribution in [0.15, 0.2) is 59.7 Å². The zero-order valence-corrected chi connectivity index (χ0v) is 23.8. The van der Waals surface area contributed by atoms with Crippen LogP contribution in [0.4, 0.5) is 11.6 Å². The van der Waals surface area contributed by atoms with Crippen molar-refractivity contribution in [3.63, 3.8) is 0 Å². The second kappa shape index (κ2) is 11.4. The Kier molecular flexibility index (Phi) is 7.47. The van der Waals surface area contributed by atoms with Gasteiger partial charge in [0, 0.05) is 36.9 Å². The Morgan fingerprint density at radius 2 is 1.79 bits per heavy atom. The molecular weight excluding hydrogens is 532 g/mol. The SMILES string of the molecule is CN(C)CC(=O)N1CCC(c2ccc(Nc3ncc4c(=O)c(C(=O)O)cn(-c5ccc6c(c5)CCC6)c4n3)cc2)CC1. The first-order valence-corrected chi connectivity index (χ1v) is 14.3. The Bertz CT molecular complexity index is 1720. The number of likely N-dealkylation sites (N-methyl/N-ethyl adjacent to an activating group) is 1. The van der Waals surface area contributed by atoms with Crippen LogP contribution in [0.2, 0.25) is 0 Å². The minimum absolute atomic E-state index is 0.145. The van der Waals surface area contributed by atoms with Crippen molar-refractivity contribution in [1.29, 1.82) is 0 Å². The molecule has 1 saturated heterocycles. The number of piperidine rings is 1. The molecule has 2 aliphatic rings. The van der Waals surface area contributed by atoms with Gasteiger partial charge in [-0.2, -0.15) is 4.98 Å². The Hall–Kier alpha value is -4.57. The van der Waals surface area contributed by atoms with Gasteiger partial charge in [0.25, 0.3) is 0 Å². The van der Waals surface area contributed by atoms with Gasteiger partial charge in [0.05, 0.1) is 11.9 Å². The normalized spacial score (nSPS) is 15.3. The molecule has 2 aromatic heterocycles. The fraction of sp³-hybridized carbons (Fsp3) is 0.344. The predicted molar refractivity (Wildman–Crippen MR) is 161 cm³/mol. The van der Waals surface area contributed by atoms with Crippen molar-refractivity contribution in [3.8, 4) is 5.69 Å². The highest BCUT2D eigenvalue weighted by atomic mass is 16.4. The van der Waals surface area contributed by atoms with Crippen molar-refractivity contribution in [1.82, 2.24) is 24.3 Å². The van der Waals surface area contributed by atoms with Crippen LogP contribution >= 0.6 is 0 Å². The van der Waals surface area contributed by atoms with Crippen molar-refractivity contribution >= 4 is 34.5 Å². The maximum atomic E-state index is 13.0. The van der Waals surface area contributed by atoms with E-state index < -0.39 is 11.4 Å². The number of aromatic nitrogens is 3. The molecule has 1 aliphatic carbocycles. The Labute approximate surface area is 243 Å². The summed E-state index contributed by atoms with van der Waals surface area (Å²) in [5.41, 5.74) is 4.72. The number of benzene rings is 2. The summed E-state index contributed by atoms with van der Waals surface area (Å²) in [5.74, 6) is -0.413. The fourth-order valence-corrected chi connectivity index (χ4v) is 6.03. The van der Waals surface area contributed by atoms with Crippen molar-refractivity contribution in [2.45, 2.75) is 38.0 Å².